The summed E-state index contributed by atoms with van der Waals surface area (Å²) >= 11 is 0. The molecule has 0 bridgehead atoms. The van der Waals surface area contributed by atoms with E-state index in [-0.39, 0.29) is 18.1 Å². The zero-order valence-corrected chi connectivity index (χ0v) is 15.4. The molecule has 0 aliphatic heterocycles. The monoisotopic (exact) mass is 414 g/mol. The lowest BCUT2D eigenvalue weighted by Crippen LogP contribution is -2.20. The van der Waals surface area contributed by atoms with Crippen LogP contribution in [0.5, 0.6) is 5.75 Å². The van der Waals surface area contributed by atoms with Crippen LogP contribution in [0, 0.1) is 15.9 Å². The fourth-order valence-electron chi connectivity index (χ4n) is 2.37. The number of anilines is 1. The zero-order chi connectivity index (χ0) is 21.5. The van der Waals surface area contributed by atoms with Crippen LogP contribution in [0.15, 0.2) is 65.1 Å². The summed E-state index contributed by atoms with van der Waals surface area (Å²) in [5.41, 5.74) is -0.798. The van der Waals surface area contributed by atoms with E-state index in [1.807, 2.05) is 18.2 Å². The van der Waals surface area contributed by atoms with Gasteiger partial charge in [0.05, 0.1) is 4.92 Å². The average Bonchev–Trinajstić information content (AvgIpc) is 3.21. The van der Waals surface area contributed by atoms with E-state index in [0.29, 0.717) is 11.5 Å². The Bertz CT molecular complexity index is 1070. The highest BCUT2D eigenvalue weighted by atomic mass is 19.1. The van der Waals surface area contributed by atoms with Crippen LogP contribution in [0.4, 0.5) is 15.8 Å². The molecule has 0 atom stereocenters. The first-order chi connectivity index (χ1) is 14.4. The first-order valence-electron chi connectivity index (χ1n) is 8.60. The van der Waals surface area contributed by atoms with Gasteiger partial charge in [0.15, 0.2) is 6.61 Å². The summed E-state index contributed by atoms with van der Waals surface area (Å²) in [6, 6.07) is 14.8. The molecule has 1 N–H and O–H groups in total. The Kier molecular flexibility index (Phi) is 6.38. The topological polar surface area (TPSA) is 121 Å². The number of nitro groups is 1. The summed E-state index contributed by atoms with van der Waals surface area (Å²) in [5, 5.41) is 13.0. The van der Waals surface area contributed by atoms with Crippen molar-refractivity contribution >= 4 is 23.3 Å². The normalized spacial score (nSPS) is 10.3. The van der Waals surface area contributed by atoms with Gasteiger partial charge in [-0.1, -0.05) is 18.2 Å². The Hall–Kier alpha value is -4.21. The van der Waals surface area contributed by atoms with E-state index in [1.165, 1.54) is 12.1 Å². The molecule has 0 fully saturated rings. The Morgan fingerprint density at radius 1 is 1.10 bits per heavy atom. The second-order valence-corrected chi connectivity index (χ2v) is 5.92. The van der Waals surface area contributed by atoms with E-state index >= 15 is 0 Å². The number of esters is 1. The van der Waals surface area contributed by atoms with Gasteiger partial charge in [0.2, 0.25) is 11.6 Å². The van der Waals surface area contributed by atoms with Crippen molar-refractivity contribution in [2.24, 2.45) is 0 Å². The standard InChI is InChI=1S/C20H15FN2O7/c21-16-8-6-13(10-17(16)23(26)27)22-19(24)12-29-20(25)18-9-7-15(30-18)11-28-14-4-2-1-3-5-14/h1-10H,11-12H2,(H,22,24). The number of nitrogens with one attached hydrogen (secondary N) is 1. The van der Waals surface area contributed by atoms with E-state index in [1.54, 1.807) is 12.1 Å². The Balaban J connectivity index is 1.49. The van der Waals surface area contributed by atoms with Crippen molar-refractivity contribution in [3.8, 4) is 5.75 Å². The third-order valence-electron chi connectivity index (χ3n) is 3.75. The lowest BCUT2D eigenvalue weighted by Gasteiger charge is -2.06. The van der Waals surface area contributed by atoms with Gasteiger partial charge in [-0.05, 0) is 36.4 Å². The van der Waals surface area contributed by atoms with Crippen LogP contribution in [0.1, 0.15) is 16.3 Å². The van der Waals surface area contributed by atoms with E-state index in [0.717, 1.165) is 18.2 Å². The number of hydrogen-bond donors (Lipinski definition) is 1. The molecule has 0 radical (unpaired) electrons. The van der Waals surface area contributed by atoms with Gasteiger partial charge < -0.3 is 19.2 Å². The highest BCUT2D eigenvalue weighted by Crippen LogP contribution is 2.21. The lowest BCUT2D eigenvalue weighted by molar-refractivity contribution is -0.387. The highest BCUT2D eigenvalue weighted by molar-refractivity contribution is 5.94. The van der Waals surface area contributed by atoms with Crippen molar-refractivity contribution in [2.75, 3.05) is 11.9 Å². The van der Waals surface area contributed by atoms with E-state index in [4.69, 9.17) is 13.9 Å². The number of nitrogens with zero attached hydrogens (tertiary/aromatic N) is 1. The fraction of sp³-hybridized carbons (Fsp3) is 0.100. The van der Waals surface area contributed by atoms with Crippen LogP contribution in [0.3, 0.4) is 0 Å². The largest absolute Gasteiger partial charge is 0.486 e. The molecule has 3 rings (SSSR count). The molecule has 0 unspecified atom stereocenters. The summed E-state index contributed by atoms with van der Waals surface area (Å²) in [4.78, 5) is 33.7. The van der Waals surface area contributed by atoms with Crippen LogP contribution in [0.2, 0.25) is 0 Å². The molecular weight excluding hydrogens is 399 g/mol. The smallest absolute Gasteiger partial charge is 0.374 e. The highest BCUT2D eigenvalue weighted by Gasteiger charge is 2.17. The van der Waals surface area contributed by atoms with Crippen molar-refractivity contribution in [1.29, 1.82) is 0 Å². The summed E-state index contributed by atoms with van der Waals surface area (Å²) < 4.78 is 29.0. The maximum Gasteiger partial charge on any atom is 0.374 e. The van der Waals surface area contributed by atoms with Gasteiger partial charge in [-0.2, -0.15) is 4.39 Å². The molecule has 0 spiro atoms. The molecule has 0 aliphatic rings. The minimum Gasteiger partial charge on any atom is -0.486 e. The van der Waals surface area contributed by atoms with Gasteiger partial charge >= 0.3 is 11.7 Å². The van der Waals surface area contributed by atoms with Gasteiger partial charge in [0.1, 0.15) is 18.1 Å². The minimum atomic E-state index is -1.03. The molecule has 0 saturated heterocycles. The second kappa shape index (κ2) is 9.32. The molecule has 30 heavy (non-hydrogen) atoms. The molecule has 2 aromatic carbocycles. The van der Waals surface area contributed by atoms with Crippen LogP contribution in [-0.2, 0) is 16.1 Å². The number of carbonyl (C=O) groups is 2. The van der Waals surface area contributed by atoms with Gasteiger partial charge in [-0.3, -0.25) is 14.9 Å². The van der Waals surface area contributed by atoms with E-state index < -0.39 is 34.9 Å². The quantitative estimate of drug-likeness (QED) is 0.339. The number of hydrogen-bond acceptors (Lipinski definition) is 7. The second-order valence-electron chi connectivity index (χ2n) is 5.92. The number of nitro benzene ring substituents is 1. The molecule has 9 nitrogen and oxygen atoms in total. The molecule has 0 saturated carbocycles. The van der Waals surface area contributed by atoms with Crippen molar-refractivity contribution in [3.63, 3.8) is 0 Å². The van der Waals surface area contributed by atoms with E-state index in [9.17, 15) is 24.1 Å². The predicted molar refractivity (Wildman–Crippen MR) is 101 cm³/mol. The number of amides is 1. The molecular formula is C20H15FN2O7. The number of ether oxygens (including phenoxy) is 2. The molecule has 154 valence electrons. The van der Waals surface area contributed by atoms with Gasteiger partial charge in [-0.15, -0.1) is 0 Å². The summed E-state index contributed by atoms with van der Waals surface area (Å²) in [6.07, 6.45) is 0. The number of halogens is 1. The Morgan fingerprint density at radius 2 is 1.87 bits per heavy atom. The number of furan rings is 1. The van der Waals surface area contributed by atoms with Crippen LogP contribution >= 0.6 is 0 Å². The lowest BCUT2D eigenvalue weighted by atomic mass is 10.2. The molecule has 3 aromatic rings. The third kappa shape index (κ3) is 5.41. The number of benzene rings is 2. The van der Waals surface area contributed by atoms with Gasteiger partial charge in [0, 0.05) is 11.8 Å². The molecule has 1 heterocycles. The molecule has 0 aliphatic carbocycles. The first-order valence-corrected chi connectivity index (χ1v) is 8.60. The molecule has 1 amide bonds. The average molecular weight is 414 g/mol. The maximum absolute atomic E-state index is 13.3. The first kappa shape index (κ1) is 20.5. The number of para-hydroxylation sites is 1. The zero-order valence-electron chi connectivity index (χ0n) is 15.4. The predicted octanol–water partition coefficient (Wildman–Crippen LogP) is 3.70. The van der Waals surface area contributed by atoms with Crippen molar-refractivity contribution < 1.29 is 32.8 Å². The van der Waals surface area contributed by atoms with Crippen LogP contribution in [0.25, 0.3) is 0 Å². The summed E-state index contributed by atoms with van der Waals surface area (Å²) in [5.74, 6) is -1.77. The summed E-state index contributed by atoms with van der Waals surface area (Å²) in [6.45, 7) is -0.568. The van der Waals surface area contributed by atoms with Crippen LogP contribution < -0.4 is 10.1 Å². The Labute approximate surface area is 169 Å². The van der Waals surface area contributed by atoms with Gasteiger partial charge in [0.25, 0.3) is 5.91 Å². The van der Waals surface area contributed by atoms with Crippen molar-refractivity contribution in [2.45, 2.75) is 6.61 Å². The van der Waals surface area contributed by atoms with E-state index in [2.05, 4.69) is 5.32 Å². The molecule has 1 aromatic heterocycles. The fourth-order valence-corrected chi connectivity index (χ4v) is 2.37. The van der Waals surface area contributed by atoms with Gasteiger partial charge in [-0.25, -0.2) is 4.79 Å². The Morgan fingerprint density at radius 3 is 2.60 bits per heavy atom. The maximum atomic E-state index is 13.3. The SMILES string of the molecule is O=C(COC(=O)c1ccc(COc2ccccc2)o1)Nc1ccc(F)c([N+](=O)[O-])c1. The summed E-state index contributed by atoms with van der Waals surface area (Å²) in [7, 11) is 0. The van der Waals surface area contributed by atoms with Crippen LogP contribution in [-0.4, -0.2) is 23.4 Å². The number of rotatable bonds is 8. The number of carbonyl (C=O) groups excluding carboxylic acids is 2. The van der Waals surface area contributed by atoms with Crippen molar-refractivity contribution in [1.82, 2.24) is 0 Å². The van der Waals surface area contributed by atoms with Crippen molar-refractivity contribution in [3.05, 3.63) is 88.1 Å². The molecule has 10 heteroatoms. The minimum absolute atomic E-state index is 0.0116. The third-order valence-corrected chi connectivity index (χ3v) is 3.75.